The quantitative estimate of drug-likeness (QED) is 0.858. The zero-order chi connectivity index (χ0) is 11.8. The topological polar surface area (TPSA) is 50.1 Å². The summed E-state index contributed by atoms with van der Waals surface area (Å²) >= 11 is 3.54. The van der Waals surface area contributed by atoms with Crippen LogP contribution >= 0.6 is 15.9 Å². The monoisotopic (exact) mass is 287 g/mol. The molecular weight excluding hydrogens is 270 g/mol. The zero-order valence-corrected chi connectivity index (χ0v) is 11.3. The Labute approximate surface area is 104 Å². The Hall–Kier alpha value is -0.390. The van der Waals surface area contributed by atoms with Crippen LogP contribution in [0.2, 0.25) is 0 Å². The Balaban J connectivity index is 2.19. The third-order valence-electron chi connectivity index (χ3n) is 3.21. The Kier molecular flexibility index (Phi) is 3.37. The van der Waals surface area contributed by atoms with Crippen LogP contribution in [0.5, 0.6) is 0 Å². The van der Waals surface area contributed by atoms with Gasteiger partial charge in [-0.05, 0) is 42.2 Å². The maximum Gasteiger partial charge on any atom is 0.0827 e. The second-order valence-corrected chi connectivity index (χ2v) is 5.44. The summed E-state index contributed by atoms with van der Waals surface area (Å²) in [6, 6.07) is 0. The summed E-state index contributed by atoms with van der Waals surface area (Å²) in [5, 5.41) is 18.1. The van der Waals surface area contributed by atoms with Crippen LogP contribution in [0.1, 0.15) is 24.2 Å². The fourth-order valence-electron chi connectivity index (χ4n) is 2.29. The van der Waals surface area contributed by atoms with Crippen LogP contribution in [0.3, 0.4) is 0 Å². The Morgan fingerprint density at radius 2 is 2.38 bits per heavy atom. The van der Waals surface area contributed by atoms with Crippen molar-refractivity contribution >= 4 is 15.9 Å². The van der Waals surface area contributed by atoms with Gasteiger partial charge >= 0.3 is 0 Å². The minimum atomic E-state index is -0.624. The highest BCUT2D eigenvalue weighted by molar-refractivity contribution is 9.10. The molecule has 0 spiro atoms. The Morgan fingerprint density at radius 3 is 2.88 bits per heavy atom. The van der Waals surface area contributed by atoms with Crippen LogP contribution in [0.4, 0.5) is 0 Å². The average molecular weight is 288 g/mol. The van der Waals surface area contributed by atoms with Crippen molar-refractivity contribution in [2.45, 2.75) is 31.8 Å². The molecular formula is C11H18BrN3O. The minimum absolute atomic E-state index is 0.624. The lowest BCUT2D eigenvalue weighted by Crippen LogP contribution is -2.47. The smallest absolute Gasteiger partial charge is 0.0827 e. The molecule has 0 aromatic carbocycles. The third-order valence-corrected chi connectivity index (χ3v) is 4.24. The number of piperidine rings is 1. The molecule has 0 bridgehead atoms. The lowest BCUT2D eigenvalue weighted by atomic mass is 9.89. The van der Waals surface area contributed by atoms with Crippen molar-refractivity contribution in [1.29, 1.82) is 0 Å². The standard InChI is InChI=1S/C11H18BrN3O/c1-8-10(12)9(15(2)14-8)6-11(16)4-3-5-13-7-11/h13,16H,3-7H2,1-2H3. The number of nitrogens with one attached hydrogen (secondary N) is 1. The molecule has 1 aromatic rings. The molecule has 90 valence electrons. The molecule has 0 aliphatic carbocycles. The Morgan fingerprint density at radius 1 is 1.62 bits per heavy atom. The van der Waals surface area contributed by atoms with Gasteiger partial charge < -0.3 is 10.4 Å². The number of β-amino-alcohol motifs (C(OH)–C–C–N with tert-alkyl or cyclic N) is 1. The van der Waals surface area contributed by atoms with E-state index in [0.717, 1.165) is 35.2 Å². The summed E-state index contributed by atoms with van der Waals surface area (Å²) < 4.78 is 2.88. The largest absolute Gasteiger partial charge is 0.388 e. The predicted molar refractivity (Wildman–Crippen MR) is 66.4 cm³/mol. The summed E-state index contributed by atoms with van der Waals surface area (Å²) in [6.07, 6.45) is 2.54. The number of hydrogen-bond acceptors (Lipinski definition) is 3. The van der Waals surface area contributed by atoms with Crippen molar-refractivity contribution in [2.24, 2.45) is 7.05 Å². The predicted octanol–water partition coefficient (Wildman–Crippen LogP) is 1.15. The maximum absolute atomic E-state index is 10.5. The van der Waals surface area contributed by atoms with Crippen molar-refractivity contribution in [1.82, 2.24) is 15.1 Å². The van der Waals surface area contributed by atoms with Crippen LogP contribution < -0.4 is 5.32 Å². The van der Waals surface area contributed by atoms with E-state index in [-0.39, 0.29) is 0 Å². The van der Waals surface area contributed by atoms with Crippen molar-refractivity contribution in [3.8, 4) is 0 Å². The van der Waals surface area contributed by atoms with Gasteiger partial charge in [0.1, 0.15) is 0 Å². The summed E-state index contributed by atoms with van der Waals surface area (Å²) in [5.74, 6) is 0. The molecule has 4 nitrogen and oxygen atoms in total. The number of halogens is 1. The molecule has 1 aromatic heterocycles. The highest BCUT2D eigenvalue weighted by atomic mass is 79.9. The van der Waals surface area contributed by atoms with Crippen molar-refractivity contribution < 1.29 is 5.11 Å². The molecule has 0 radical (unpaired) electrons. The van der Waals surface area contributed by atoms with Crippen LogP contribution in [-0.4, -0.2) is 33.6 Å². The van der Waals surface area contributed by atoms with Gasteiger partial charge in [0, 0.05) is 20.0 Å². The van der Waals surface area contributed by atoms with Gasteiger partial charge in [-0.25, -0.2) is 0 Å². The van der Waals surface area contributed by atoms with E-state index in [9.17, 15) is 5.11 Å². The molecule has 5 heteroatoms. The fourth-order valence-corrected chi connectivity index (χ4v) is 2.76. The molecule has 2 heterocycles. The fraction of sp³-hybridized carbons (Fsp3) is 0.727. The molecule has 0 amide bonds. The van der Waals surface area contributed by atoms with Gasteiger partial charge in [-0.3, -0.25) is 4.68 Å². The number of aryl methyl sites for hydroxylation is 2. The zero-order valence-electron chi connectivity index (χ0n) is 9.76. The first-order chi connectivity index (χ1) is 7.52. The van der Waals surface area contributed by atoms with E-state index < -0.39 is 5.60 Å². The normalized spacial score (nSPS) is 26.0. The minimum Gasteiger partial charge on any atom is -0.388 e. The first-order valence-corrected chi connectivity index (χ1v) is 6.42. The first kappa shape index (κ1) is 12.1. The molecule has 2 rings (SSSR count). The number of aliphatic hydroxyl groups is 1. The number of hydrogen-bond donors (Lipinski definition) is 2. The Bertz CT molecular complexity index is 383. The van der Waals surface area contributed by atoms with Gasteiger partial charge in [0.2, 0.25) is 0 Å². The van der Waals surface area contributed by atoms with E-state index in [1.54, 1.807) is 0 Å². The van der Waals surface area contributed by atoms with E-state index in [1.807, 2.05) is 18.7 Å². The summed E-state index contributed by atoms with van der Waals surface area (Å²) in [7, 11) is 1.92. The van der Waals surface area contributed by atoms with Crippen molar-refractivity contribution in [3.63, 3.8) is 0 Å². The lowest BCUT2D eigenvalue weighted by molar-refractivity contribution is 0.0152. The van der Waals surface area contributed by atoms with Crippen LogP contribution in [-0.2, 0) is 13.5 Å². The molecule has 16 heavy (non-hydrogen) atoms. The molecule has 0 saturated carbocycles. The lowest BCUT2D eigenvalue weighted by Gasteiger charge is -2.32. The van der Waals surface area contributed by atoms with Crippen LogP contribution in [0, 0.1) is 6.92 Å². The van der Waals surface area contributed by atoms with Gasteiger partial charge in [0.15, 0.2) is 0 Å². The summed E-state index contributed by atoms with van der Waals surface area (Å²) in [6.45, 7) is 3.65. The first-order valence-electron chi connectivity index (χ1n) is 5.63. The van der Waals surface area contributed by atoms with E-state index >= 15 is 0 Å². The number of nitrogens with zero attached hydrogens (tertiary/aromatic N) is 2. The highest BCUT2D eigenvalue weighted by Crippen LogP contribution is 2.27. The van der Waals surface area contributed by atoms with Gasteiger partial charge in [-0.1, -0.05) is 0 Å². The van der Waals surface area contributed by atoms with Gasteiger partial charge in [0.25, 0.3) is 0 Å². The average Bonchev–Trinajstić information content (AvgIpc) is 2.46. The molecule has 1 aliphatic heterocycles. The second kappa shape index (κ2) is 4.47. The van der Waals surface area contributed by atoms with Gasteiger partial charge in [0.05, 0.1) is 21.5 Å². The third kappa shape index (κ3) is 2.31. The number of aromatic nitrogens is 2. The van der Waals surface area contributed by atoms with Crippen LogP contribution in [0.25, 0.3) is 0 Å². The highest BCUT2D eigenvalue weighted by Gasteiger charge is 2.31. The van der Waals surface area contributed by atoms with Crippen LogP contribution in [0.15, 0.2) is 4.47 Å². The molecule has 1 atom stereocenters. The SMILES string of the molecule is Cc1nn(C)c(CC2(O)CCCNC2)c1Br. The molecule has 1 aliphatic rings. The van der Waals surface area contributed by atoms with E-state index in [2.05, 4.69) is 26.3 Å². The number of rotatable bonds is 2. The van der Waals surface area contributed by atoms with Gasteiger partial charge in [-0.2, -0.15) is 5.10 Å². The summed E-state index contributed by atoms with van der Waals surface area (Å²) in [4.78, 5) is 0. The molecule has 1 fully saturated rings. The van der Waals surface area contributed by atoms with E-state index in [0.29, 0.717) is 13.0 Å². The van der Waals surface area contributed by atoms with E-state index in [1.165, 1.54) is 0 Å². The molecule has 2 N–H and O–H groups in total. The van der Waals surface area contributed by atoms with Crippen molar-refractivity contribution in [2.75, 3.05) is 13.1 Å². The van der Waals surface area contributed by atoms with E-state index in [4.69, 9.17) is 0 Å². The van der Waals surface area contributed by atoms with Gasteiger partial charge in [-0.15, -0.1) is 0 Å². The van der Waals surface area contributed by atoms with Crippen molar-refractivity contribution in [3.05, 3.63) is 15.9 Å². The summed E-state index contributed by atoms with van der Waals surface area (Å²) in [5.41, 5.74) is 1.43. The maximum atomic E-state index is 10.5. The molecule has 1 unspecified atom stereocenters. The second-order valence-electron chi connectivity index (χ2n) is 4.65. The molecule has 1 saturated heterocycles.